The van der Waals surface area contributed by atoms with Crippen molar-refractivity contribution in [3.63, 3.8) is 0 Å². The van der Waals surface area contributed by atoms with Gasteiger partial charge in [0.2, 0.25) is 0 Å². The van der Waals surface area contributed by atoms with E-state index >= 15 is 0 Å². The van der Waals surface area contributed by atoms with Crippen molar-refractivity contribution < 1.29 is 0 Å². The van der Waals surface area contributed by atoms with Crippen LogP contribution in [0.4, 0.5) is 0 Å². The first-order valence-corrected chi connectivity index (χ1v) is 9.48. The Morgan fingerprint density at radius 2 is 1.85 bits per heavy atom. The van der Waals surface area contributed by atoms with Gasteiger partial charge < -0.3 is 10.6 Å². The summed E-state index contributed by atoms with van der Waals surface area (Å²) in [6.07, 6.45) is 3.75. The minimum Gasteiger partial charge on any atom is -0.352 e. The summed E-state index contributed by atoms with van der Waals surface area (Å²) in [7, 11) is 3.81. The van der Waals surface area contributed by atoms with Crippen LogP contribution in [0.2, 0.25) is 0 Å². The van der Waals surface area contributed by atoms with Crippen LogP contribution in [0, 0.1) is 0 Å². The Balaban J connectivity index is 1.69. The third-order valence-corrected chi connectivity index (χ3v) is 4.87. The van der Waals surface area contributed by atoms with Crippen LogP contribution in [0.1, 0.15) is 36.4 Å². The quantitative estimate of drug-likeness (QED) is 0.521. The van der Waals surface area contributed by atoms with Crippen LogP contribution < -0.4 is 10.6 Å². The molecule has 0 saturated carbocycles. The van der Waals surface area contributed by atoms with Crippen molar-refractivity contribution in [2.75, 3.05) is 7.05 Å². The van der Waals surface area contributed by atoms with Gasteiger partial charge in [-0.1, -0.05) is 32.0 Å². The number of pyridine rings is 1. The van der Waals surface area contributed by atoms with Gasteiger partial charge in [-0.15, -0.1) is 0 Å². The number of para-hydroxylation sites is 1. The largest absolute Gasteiger partial charge is 0.352 e. The van der Waals surface area contributed by atoms with Crippen LogP contribution in [0.5, 0.6) is 0 Å². The lowest BCUT2D eigenvalue weighted by molar-refractivity contribution is 0.702. The Morgan fingerprint density at radius 1 is 1.07 bits per heavy atom. The smallest absolute Gasteiger partial charge is 0.191 e. The minimum atomic E-state index is 0.691. The van der Waals surface area contributed by atoms with Gasteiger partial charge in [-0.2, -0.15) is 5.10 Å². The molecule has 0 saturated heterocycles. The number of aromatic nitrogens is 3. The molecule has 6 nitrogen and oxygen atoms in total. The van der Waals surface area contributed by atoms with Crippen LogP contribution >= 0.6 is 0 Å². The van der Waals surface area contributed by atoms with E-state index in [4.69, 9.17) is 0 Å². The lowest BCUT2D eigenvalue weighted by atomic mass is 10.1. The monoisotopic (exact) mass is 364 g/mol. The Hall–Kier alpha value is -2.89. The second-order valence-electron chi connectivity index (χ2n) is 6.47. The van der Waals surface area contributed by atoms with Crippen LogP contribution in [0.15, 0.2) is 41.5 Å². The molecular formula is C21H28N6. The molecule has 0 radical (unpaired) electrons. The molecule has 142 valence electrons. The highest BCUT2D eigenvalue weighted by atomic mass is 15.3. The maximum Gasteiger partial charge on any atom is 0.191 e. The summed E-state index contributed by atoms with van der Waals surface area (Å²) in [6, 6.07) is 10.2. The predicted molar refractivity (Wildman–Crippen MR) is 111 cm³/mol. The van der Waals surface area contributed by atoms with Crippen molar-refractivity contribution in [3.05, 3.63) is 59.0 Å². The molecule has 3 rings (SSSR count). The second kappa shape index (κ2) is 8.66. The molecule has 2 aromatic heterocycles. The first-order valence-electron chi connectivity index (χ1n) is 9.48. The van der Waals surface area contributed by atoms with Crippen molar-refractivity contribution in [1.82, 2.24) is 25.4 Å². The summed E-state index contributed by atoms with van der Waals surface area (Å²) in [6.45, 7) is 5.72. The first kappa shape index (κ1) is 18.9. The lowest BCUT2D eigenvalue weighted by Gasteiger charge is -2.14. The first-order chi connectivity index (χ1) is 13.2. The van der Waals surface area contributed by atoms with E-state index in [9.17, 15) is 0 Å². The summed E-state index contributed by atoms with van der Waals surface area (Å²) in [5.41, 5.74) is 5.91. The molecule has 0 spiro atoms. The standard InChI is InChI=1S/C21H28N6/c1-5-18-17(20(6-2)27(4)26-18)14-25-21(22-3)24-13-15-11-12-23-19-10-8-7-9-16(15)19/h7-12H,5-6,13-14H2,1-4H3,(H2,22,24,25). The maximum absolute atomic E-state index is 4.64. The van der Waals surface area contributed by atoms with Gasteiger partial charge in [0.15, 0.2) is 5.96 Å². The third-order valence-electron chi connectivity index (χ3n) is 4.87. The van der Waals surface area contributed by atoms with Crippen molar-refractivity contribution in [2.24, 2.45) is 12.0 Å². The Labute approximate surface area is 160 Å². The predicted octanol–water partition coefficient (Wildman–Crippen LogP) is 2.96. The summed E-state index contributed by atoms with van der Waals surface area (Å²) in [4.78, 5) is 8.79. The van der Waals surface area contributed by atoms with Crippen molar-refractivity contribution in [1.29, 1.82) is 0 Å². The average molecular weight is 364 g/mol. The molecule has 0 aliphatic heterocycles. The van der Waals surface area contributed by atoms with Crippen molar-refractivity contribution in [3.8, 4) is 0 Å². The highest BCUT2D eigenvalue weighted by molar-refractivity contribution is 5.83. The summed E-state index contributed by atoms with van der Waals surface area (Å²) in [5, 5.41) is 12.7. The number of hydrogen-bond donors (Lipinski definition) is 2. The van der Waals surface area contributed by atoms with Crippen LogP contribution in [-0.4, -0.2) is 27.8 Å². The van der Waals surface area contributed by atoms with E-state index in [1.807, 2.05) is 42.2 Å². The summed E-state index contributed by atoms with van der Waals surface area (Å²) < 4.78 is 2.00. The van der Waals surface area contributed by atoms with Gasteiger partial charge in [0.05, 0.1) is 11.2 Å². The van der Waals surface area contributed by atoms with Gasteiger partial charge >= 0.3 is 0 Å². The topological polar surface area (TPSA) is 67.1 Å². The molecule has 2 heterocycles. The number of aryl methyl sites for hydroxylation is 2. The number of rotatable bonds is 6. The molecule has 1 aromatic carbocycles. The molecule has 3 aromatic rings. The van der Waals surface area contributed by atoms with Gasteiger partial charge in [-0.25, -0.2) is 0 Å². The zero-order chi connectivity index (χ0) is 19.2. The number of nitrogens with zero attached hydrogens (tertiary/aromatic N) is 4. The second-order valence-corrected chi connectivity index (χ2v) is 6.47. The van der Waals surface area contributed by atoms with Gasteiger partial charge in [0.1, 0.15) is 0 Å². The van der Waals surface area contributed by atoms with E-state index in [0.29, 0.717) is 6.54 Å². The number of aliphatic imine (C=N–C) groups is 1. The molecule has 0 aliphatic rings. The maximum atomic E-state index is 4.64. The lowest BCUT2D eigenvalue weighted by Crippen LogP contribution is -2.36. The molecule has 6 heteroatoms. The fraction of sp³-hybridized carbons (Fsp3) is 0.381. The fourth-order valence-electron chi connectivity index (χ4n) is 3.47. The normalized spacial score (nSPS) is 11.8. The SMILES string of the molecule is CCc1nn(C)c(CC)c1CNC(=NC)NCc1ccnc2ccccc12. The average Bonchev–Trinajstić information content (AvgIpc) is 3.02. The zero-order valence-electron chi connectivity index (χ0n) is 16.6. The van der Waals surface area contributed by atoms with Gasteiger partial charge in [0, 0.05) is 50.0 Å². The summed E-state index contributed by atoms with van der Waals surface area (Å²) >= 11 is 0. The fourth-order valence-corrected chi connectivity index (χ4v) is 3.47. The Kier molecular flexibility index (Phi) is 6.06. The van der Waals surface area contributed by atoms with Gasteiger partial charge in [0.25, 0.3) is 0 Å². The number of fused-ring (bicyclic) bond motifs is 1. The van der Waals surface area contributed by atoms with Crippen LogP contribution in [-0.2, 0) is 33.0 Å². The highest BCUT2D eigenvalue weighted by Gasteiger charge is 2.14. The molecule has 0 atom stereocenters. The van der Waals surface area contributed by atoms with E-state index in [1.54, 1.807) is 7.05 Å². The van der Waals surface area contributed by atoms with E-state index < -0.39 is 0 Å². The number of hydrogen-bond acceptors (Lipinski definition) is 3. The van der Waals surface area contributed by atoms with Gasteiger partial charge in [-0.05, 0) is 30.5 Å². The molecule has 0 unspecified atom stereocenters. The van der Waals surface area contributed by atoms with E-state index in [2.05, 4.69) is 45.6 Å². The van der Waals surface area contributed by atoms with Crippen LogP contribution in [0.3, 0.4) is 0 Å². The number of guanidine groups is 1. The van der Waals surface area contributed by atoms with Crippen molar-refractivity contribution >= 4 is 16.9 Å². The Morgan fingerprint density at radius 3 is 2.59 bits per heavy atom. The molecule has 2 N–H and O–H groups in total. The Bertz CT molecular complexity index is 936. The van der Waals surface area contributed by atoms with E-state index in [1.165, 1.54) is 16.8 Å². The molecule has 0 bridgehead atoms. The van der Waals surface area contributed by atoms with Crippen molar-refractivity contribution in [2.45, 2.75) is 39.8 Å². The third kappa shape index (κ3) is 4.10. The minimum absolute atomic E-state index is 0.691. The van der Waals surface area contributed by atoms with Gasteiger partial charge in [-0.3, -0.25) is 14.7 Å². The molecule has 0 aliphatic carbocycles. The number of nitrogens with one attached hydrogen (secondary N) is 2. The van der Waals surface area contributed by atoms with Crippen LogP contribution in [0.25, 0.3) is 10.9 Å². The number of benzene rings is 1. The molecule has 0 fully saturated rings. The van der Waals surface area contributed by atoms with E-state index in [0.717, 1.165) is 41.9 Å². The summed E-state index contributed by atoms with van der Waals surface area (Å²) in [5.74, 6) is 0.781. The highest BCUT2D eigenvalue weighted by Crippen LogP contribution is 2.16. The molecule has 0 amide bonds. The molecule has 27 heavy (non-hydrogen) atoms. The van der Waals surface area contributed by atoms with E-state index in [-0.39, 0.29) is 0 Å². The zero-order valence-corrected chi connectivity index (χ0v) is 16.6. The molecular weight excluding hydrogens is 336 g/mol.